The van der Waals surface area contributed by atoms with Crippen molar-refractivity contribution in [2.75, 3.05) is 19.0 Å². The number of methoxy groups -OCH3 is 1. The van der Waals surface area contributed by atoms with Gasteiger partial charge in [0.2, 0.25) is 0 Å². The Morgan fingerprint density at radius 2 is 2.09 bits per heavy atom. The molecule has 1 aromatic rings. The largest absolute Gasteiger partial charge is 0.465 e. The average molecular weight is 329 g/mol. The summed E-state index contributed by atoms with van der Waals surface area (Å²) in [4.78, 5) is 27.4. The zero-order valence-electron chi connectivity index (χ0n) is 13.6. The van der Waals surface area contributed by atoms with Gasteiger partial charge in [-0.15, -0.1) is 0 Å². The molecule has 7 nitrogen and oxygen atoms in total. The molecule has 0 aliphatic carbocycles. The molecule has 1 atom stereocenters. The summed E-state index contributed by atoms with van der Waals surface area (Å²) in [5, 5.41) is 6.51. The number of amides is 1. The maximum absolute atomic E-state index is 11.6. The number of ether oxygens (including phenoxy) is 2. The molecular formula is C14H23N3O4S. The van der Waals surface area contributed by atoms with Crippen molar-refractivity contribution in [1.29, 1.82) is 0 Å². The highest BCUT2D eigenvalue weighted by Crippen LogP contribution is 2.18. The van der Waals surface area contributed by atoms with Crippen molar-refractivity contribution in [2.24, 2.45) is 0 Å². The fraction of sp³-hybridized carbons (Fsp3) is 0.643. The van der Waals surface area contributed by atoms with E-state index in [1.165, 1.54) is 24.6 Å². The maximum atomic E-state index is 11.6. The summed E-state index contributed by atoms with van der Waals surface area (Å²) in [5.74, 6) is -0.398. The Kier molecular flexibility index (Phi) is 6.61. The van der Waals surface area contributed by atoms with Gasteiger partial charge in [0.1, 0.15) is 10.5 Å². The van der Waals surface area contributed by atoms with E-state index in [4.69, 9.17) is 4.74 Å². The third-order valence-electron chi connectivity index (χ3n) is 2.51. The van der Waals surface area contributed by atoms with Gasteiger partial charge in [0, 0.05) is 12.6 Å². The first kappa shape index (κ1) is 18.2. The van der Waals surface area contributed by atoms with Crippen molar-refractivity contribution in [3.63, 3.8) is 0 Å². The number of rotatable bonds is 6. The van der Waals surface area contributed by atoms with E-state index in [0.717, 1.165) is 0 Å². The second-order valence-electron chi connectivity index (χ2n) is 5.78. The van der Waals surface area contributed by atoms with Gasteiger partial charge in [0.05, 0.1) is 13.3 Å². The lowest BCUT2D eigenvalue weighted by molar-refractivity contribution is 0.0506. The minimum atomic E-state index is -0.507. The molecule has 2 N–H and O–H groups in total. The predicted octanol–water partition coefficient (Wildman–Crippen LogP) is 2.64. The van der Waals surface area contributed by atoms with E-state index in [2.05, 4.69) is 20.4 Å². The standard InChI is InChI=1S/C14H23N3O4S/c1-9(17-13(19)21-14(2,3)4)6-7-15-12-16-8-10(22-12)11(18)20-5/h8-9H,6-7H2,1-5H3,(H,15,16)(H,17,19)/t9-/m1/s1. The molecular weight excluding hydrogens is 306 g/mol. The molecule has 0 aliphatic rings. The number of carbonyl (C=O) groups excluding carboxylic acids is 2. The molecule has 0 saturated carbocycles. The monoisotopic (exact) mass is 329 g/mol. The quantitative estimate of drug-likeness (QED) is 0.780. The molecule has 0 aromatic carbocycles. The zero-order valence-corrected chi connectivity index (χ0v) is 14.4. The highest BCUT2D eigenvalue weighted by Gasteiger charge is 2.17. The molecule has 0 fully saturated rings. The summed E-state index contributed by atoms with van der Waals surface area (Å²) in [6.45, 7) is 7.97. The highest BCUT2D eigenvalue weighted by molar-refractivity contribution is 7.17. The number of aromatic nitrogens is 1. The number of hydrogen-bond donors (Lipinski definition) is 2. The summed E-state index contributed by atoms with van der Waals surface area (Å²) in [6, 6.07) is -0.0395. The molecule has 124 valence electrons. The third kappa shape index (κ3) is 6.75. The Morgan fingerprint density at radius 3 is 2.68 bits per heavy atom. The SMILES string of the molecule is COC(=O)c1cnc(NCC[C@@H](C)NC(=O)OC(C)(C)C)s1. The van der Waals surface area contributed by atoms with Crippen LogP contribution in [0.4, 0.5) is 9.93 Å². The lowest BCUT2D eigenvalue weighted by Gasteiger charge is -2.22. The summed E-state index contributed by atoms with van der Waals surface area (Å²) in [5.41, 5.74) is -0.507. The Labute approximate surface area is 134 Å². The van der Waals surface area contributed by atoms with Gasteiger partial charge in [0.15, 0.2) is 5.13 Å². The first-order valence-corrected chi connectivity index (χ1v) is 7.80. The van der Waals surface area contributed by atoms with Crippen LogP contribution in [-0.2, 0) is 9.47 Å². The lowest BCUT2D eigenvalue weighted by Crippen LogP contribution is -2.38. The summed E-state index contributed by atoms with van der Waals surface area (Å²) < 4.78 is 9.80. The van der Waals surface area contributed by atoms with Crippen molar-refractivity contribution < 1.29 is 19.1 Å². The zero-order chi connectivity index (χ0) is 16.8. The van der Waals surface area contributed by atoms with Crippen LogP contribution in [0.1, 0.15) is 43.8 Å². The smallest absolute Gasteiger partial charge is 0.407 e. The molecule has 0 bridgehead atoms. The van der Waals surface area contributed by atoms with Crippen LogP contribution in [-0.4, -0.2) is 42.3 Å². The number of esters is 1. The van der Waals surface area contributed by atoms with Crippen LogP contribution in [0.25, 0.3) is 0 Å². The van der Waals surface area contributed by atoms with Crippen LogP contribution in [0.2, 0.25) is 0 Å². The van der Waals surface area contributed by atoms with Gasteiger partial charge in [-0.3, -0.25) is 0 Å². The average Bonchev–Trinajstić information content (AvgIpc) is 2.84. The first-order valence-electron chi connectivity index (χ1n) is 6.99. The Hall–Kier alpha value is -1.83. The van der Waals surface area contributed by atoms with Crippen molar-refractivity contribution in [2.45, 2.75) is 45.8 Å². The lowest BCUT2D eigenvalue weighted by atomic mass is 10.2. The van der Waals surface area contributed by atoms with Crippen molar-refractivity contribution in [1.82, 2.24) is 10.3 Å². The molecule has 0 aliphatic heterocycles. The minimum absolute atomic E-state index is 0.0395. The summed E-state index contributed by atoms with van der Waals surface area (Å²) in [7, 11) is 1.33. The molecule has 1 rings (SSSR count). The van der Waals surface area contributed by atoms with E-state index >= 15 is 0 Å². The molecule has 1 heterocycles. The third-order valence-corrected chi connectivity index (χ3v) is 3.44. The Morgan fingerprint density at radius 1 is 1.41 bits per heavy atom. The molecule has 0 spiro atoms. The highest BCUT2D eigenvalue weighted by atomic mass is 32.1. The van der Waals surface area contributed by atoms with E-state index < -0.39 is 17.7 Å². The van der Waals surface area contributed by atoms with E-state index in [1.807, 2.05) is 27.7 Å². The second-order valence-corrected chi connectivity index (χ2v) is 6.81. The first-order chi connectivity index (χ1) is 10.2. The van der Waals surface area contributed by atoms with Gasteiger partial charge < -0.3 is 20.1 Å². The maximum Gasteiger partial charge on any atom is 0.407 e. The van der Waals surface area contributed by atoms with Gasteiger partial charge in [-0.1, -0.05) is 11.3 Å². The van der Waals surface area contributed by atoms with Gasteiger partial charge in [-0.2, -0.15) is 0 Å². The van der Waals surface area contributed by atoms with Crippen LogP contribution in [0.5, 0.6) is 0 Å². The number of alkyl carbamates (subject to hydrolysis) is 1. The number of anilines is 1. The van der Waals surface area contributed by atoms with Crippen LogP contribution in [0.3, 0.4) is 0 Å². The topological polar surface area (TPSA) is 89.5 Å². The van der Waals surface area contributed by atoms with Gasteiger partial charge >= 0.3 is 12.1 Å². The van der Waals surface area contributed by atoms with Gasteiger partial charge in [-0.05, 0) is 34.1 Å². The summed E-state index contributed by atoms with van der Waals surface area (Å²) >= 11 is 1.23. The van der Waals surface area contributed by atoms with E-state index in [0.29, 0.717) is 23.0 Å². The van der Waals surface area contributed by atoms with Gasteiger partial charge in [-0.25, -0.2) is 14.6 Å². The fourth-order valence-corrected chi connectivity index (χ4v) is 2.29. The molecule has 1 amide bonds. The van der Waals surface area contributed by atoms with Crippen LogP contribution in [0.15, 0.2) is 6.20 Å². The normalized spacial score (nSPS) is 12.4. The number of thiazole rings is 1. The van der Waals surface area contributed by atoms with Crippen LogP contribution < -0.4 is 10.6 Å². The molecule has 1 aromatic heterocycles. The molecule has 0 unspecified atom stereocenters. The van der Waals surface area contributed by atoms with E-state index in [1.54, 1.807) is 0 Å². The van der Waals surface area contributed by atoms with E-state index in [-0.39, 0.29) is 6.04 Å². The number of hydrogen-bond acceptors (Lipinski definition) is 7. The minimum Gasteiger partial charge on any atom is -0.465 e. The van der Waals surface area contributed by atoms with Crippen LogP contribution in [0, 0.1) is 0 Å². The Balaban J connectivity index is 2.30. The fourth-order valence-electron chi connectivity index (χ4n) is 1.53. The van der Waals surface area contributed by atoms with E-state index in [9.17, 15) is 9.59 Å². The van der Waals surface area contributed by atoms with Gasteiger partial charge in [0.25, 0.3) is 0 Å². The Bertz CT molecular complexity index is 510. The van der Waals surface area contributed by atoms with Crippen molar-refractivity contribution in [3.05, 3.63) is 11.1 Å². The van der Waals surface area contributed by atoms with Crippen molar-refractivity contribution >= 4 is 28.5 Å². The summed E-state index contributed by atoms with van der Waals surface area (Å²) in [6.07, 6.45) is 1.75. The number of carbonyl (C=O) groups is 2. The van der Waals surface area contributed by atoms with Crippen LogP contribution >= 0.6 is 11.3 Å². The second kappa shape index (κ2) is 7.98. The molecule has 8 heteroatoms. The number of nitrogens with one attached hydrogen (secondary N) is 2. The predicted molar refractivity (Wildman–Crippen MR) is 85.4 cm³/mol. The number of nitrogens with zero attached hydrogens (tertiary/aromatic N) is 1. The van der Waals surface area contributed by atoms with Crippen molar-refractivity contribution in [3.8, 4) is 0 Å². The molecule has 0 radical (unpaired) electrons. The molecule has 0 saturated heterocycles. The molecule has 22 heavy (non-hydrogen) atoms.